The minimum absolute atomic E-state index is 0.178. The summed E-state index contributed by atoms with van der Waals surface area (Å²) in [5, 5.41) is 0. The van der Waals surface area contributed by atoms with E-state index in [0.717, 1.165) is 44.6 Å². The molecule has 0 N–H and O–H groups in total. The molecule has 4 heteroatoms. The Morgan fingerprint density at radius 3 is 2.77 bits per heavy atom. The van der Waals surface area contributed by atoms with Crippen LogP contribution in [0.3, 0.4) is 0 Å². The van der Waals surface area contributed by atoms with Crippen molar-refractivity contribution in [2.75, 3.05) is 26.2 Å². The molecule has 1 aromatic carbocycles. The maximum absolute atomic E-state index is 13.3. The Bertz CT molecular complexity index is 560. The quantitative estimate of drug-likeness (QED) is 0.854. The molecule has 3 rings (SSSR count). The fourth-order valence-corrected chi connectivity index (χ4v) is 3.91. The average Bonchev–Trinajstić information content (AvgIpc) is 2.98. The number of halogens is 1. The summed E-state index contributed by atoms with van der Waals surface area (Å²) in [6.07, 6.45) is 1.91. The second kappa shape index (κ2) is 5.99. The third-order valence-electron chi connectivity index (χ3n) is 4.92. The first kappa shape index (κ1) is 15.5. The molecular weight excluding hydrogens is 279 g/mol. The van der Waals surface area contributed by atoms with Gasteiger partial charge < -0.3 is 9.80 Å². The summed E-state index contributed by atoms with van der Waals surface area (Å²) < 4.78 is 13.3. The van der Waals surface area contributed by atoms with Crippen LogP contribution in [0.2, 0.25) is 0 Å². The fourth-order valence-electron chi connectivity index (χ4n) is 3.91. The predicted molar refractivity (Wildman–Crippen MR) is 84.8 cm³/mol. The monoisotopic (exact) mass is 304 g/mol. The van der Waals surface area contributed by atoms with Gasteiger partial charge in [0, 0.05) is 26.2 Å². The zero-order valence-corrected chi connectivity index (χ0v) is 13.5. The third kappa shape index (κ3) is 3.02. The molecule has 1 unspecified atom stereocenters. The lowest BCUT2D eigenvalue weighted by Crippen LogP contribution is -2.37. The molecule has 0 aromatic heterocycles. The van der Waals surface area contributed by atoms with Gasteiger partial charge in [0.25, 0.3) is 0 Å². The number of nitrogens with zero attached hydrogens (tertiary/aromatic N) is 2. The number of hydrogen-bond acceptors (Lipinski definition) is 2. The molecule has 1 atom stereocenters. The summed E-state index contributed by atoms with van der Waals surface area (Å²) in [6, 6.07) is 6.57. The highest BCUT2D eigenvalue weighted by Gasteiger charge is 2.50. The van der Waals surface area contributed by atoms with Gasteiger partial charge in [0.15, 0.2) is 0 Å². The number of carbonyl (C=O) groups excluding carboxylic acids is 1. The van der Waals surface area contributed by atoms with Crippen molar-refractivity contribution in [1.82, 2.24) is 9.80 Å². The van der Waals surface area contributed by atoms with Gasteiger partial charge in [-0.15, -0.1) is 0 Å². The van der Waals surface area contributed by atoms with Crippen molar-refractivity contribution in [3.63, 3.8) is 0 Å². The van der Waals surface area contributed by atoms with Crippen LogP contribution in [0.4, 0.5) is 4.39 Å². The molecule has 0 bridgehead atoms. The van der Waals surface area contributed by atoms with Gasteiger partial charge in [-0.2, -0.15) is 0 Å². The minimum Gasteiger partial charge on any atom is -0.338 e. The van der Waals surface area contributed by atoms with Gasteiger partial charge in [-0.05, 0) is 43.0 Å². The van der Waals surface area contributed by atoms with Crippen molar-refractivity contribution in [1.29, 1.82) is 0 Å². The second-order valence-corrected chi connectivity index (χ2v) is 7.27. The number of benzene rings is 1. The van der Waals surface area contributed by atoms with Crippen molar-refractivity contribution in [2.45, 2.75) is 33.2 Å². The number of amides is 1. The predicted octanol–water partition coefficient (Wildman–Crippen LogP) is 2.91. The van der Waals surface area contributed by atoms with E-state index in [2.05, 4.69) is 18.7 Å². The Morgan fingerprint density at radius 2 is 2.05 bits per heavy atom. The van der Waals surface area contributed by atoms with Crippen LogP contribution >= 0.6 is 0 Å². The van der Waals surface area contributed by atoms with Gasteiger partial charge in [-0.3, -0.25) is 4.79 Å². The first-order valence-corrected chi connectivity index (χ1v) is 8.25. The molecular formula is C18H25FN2O. The summed E-state index contributed by atoms with van der Waals surface area (Å²) in [6.45, 7) is 8.75. The van der Waals surface area contributed by atoms with Gasteiger partial charge in [0.2, 0.25) is 5.91 Å². The molecule has 0 radical (unpaired) electrons. The highest BCUT2D eigenvalue weighted by atomic mass is 19.1. The Balaban J connectivity index is 1.65. The second-order valence-electron chi connectivity index (χ2n) is 7.27. The van der Waals surface area contributed by atoms with Gasteiger partial charge >= 0.3 is 0 Å². The number of hydrogen-bond donors (Lipinski definition) is 0. The van der Waals surface area contributed by atoms with Gasteiger partial charge in [0.1, 0.15) is 5.82 Å². The van der Waals surface area contributed by atoms with E-state index in [0.29, 0.717) is 12.5 Å². The Morgan fingerprint density at radius 1 is 1.27 bits per heavy atom. The van der Waals surface area contributed by atoms with Gasteiger partial charge in [-0.25, -0.2) is 4.39 Å². The smallest absolute Gasteiger partial charge is 0.230 e. The van der Waals surface area contributed by atoms with Crippen molar-refractivity contribution in [3.8, 4) is 0 Å². The topological polar surface area (TPSA) is 23.6 Å². The van der Waals surface area contributed by atoms with E-state index in [1.165, 1.54) is 12.1 Å². The van der Waals surface area contributed by atoms with Crippen LogP contribution in [0.1, 0.15) is 32.3 Å². The van der Waals surface area contributed by atoms with E-state index in [9.17, 15) is 9.18 Å². The van der Waals surface area contributed by atoms with Crippen molar-refractivity contribution in [2.24, 2.45) is 11.3 Å². The zero-order chi connectivity index (χ0) is 15.7. The van der Waals surface area contributed by atoms with E-state index in [1.807, 2.05) is 11.0 Å². The molecule has 2 aliphatic heterocycles. The minimum atomic E-state index is -0.233. The first-order chi connectivity index (χ1) is 10.5. The molecule has 1 spiro atoms. The molecule has 22 heavy (non-hydrogen) atoms. The van der Waals surface area contributed by atoms with E-state index in [1.54, 1.807) is 6.07 Å². The number of rotatable bonds is 4. The molecule has 120 valence electrons. The largest absolute Gasteiger partial charge is 0.338 e. The Labute approximate surface area is 132 Å². The molecule has 2 aliphatic rings. The van der Waals surface area contributed by atoms with Crippen LogP contribution < -0.4 is 0 Å². The van der Waals surface area contributed by atoms with E-state index >= 15 is 0 Å². The molecule has 2 saturated heterocycles. The summed E-state index contributed by atoms with van der Waals surface area (Å²) in [5.74, 6) is 0.668. The molecule has 1 aromatic rings. The van der Waals surface area contributed by atoms with Crippen LogP contribution in [0, 0.1) is 17.2 Å². The van der Waals surface area contributed by atoms with Crippen molar-refractivity contribution < 1.29 is 9.18 Å². The third-order valence-corrected chi connectivity index (χ3v) is 4.92. The van der Waals surface area contributed by atoms with Crippen LogP contribution in [0.5, 0.6) is 0 Å². The lowest BCUT2D eigenvalue weighted by Gasteiger charge is -2.24. The molecule has 3 nitrogen and oxygen atoms in total. The zero-order valence-electron chi connectivity index (χ0n) is 13.5. The van der Waals surface area contributed by atoms with Crippen LogP contribution in [0.15, 0.2) is 24.3 Å². The normalized spacial score (nSPS) is 25.8. The Hall–Kier alpha value is -1.42. The highest BCUT2D eigenvalue weighted by Crippen LogP contribution is 2.41. The average molecular weight is 304 g/mol. The van der Waals surface area contributed by atoms with E-state index < -0.39 is 0 Å². The summed E-state index contributed by atoms with van der Waals surface area (Å²) in [7, 11) is 0. The molecule has 2 heterocycles. The molecule has 2 fully saturated rings. The Kier molecular flexibility index (Phi) is 4.22. The summed E-state index contributed by atoms with van der Waals surface area (Å²) in [4.78, 5) is 17.2. The van der Waals surface area contributed by atoms with Gasteiger partial charge in [-0.1, -0.05) is 26.0 Å². The highest BCUT2D eigenvalue weighted by molar-refractivity contribution is 5.85. The molecule has 1 amide bonds. The molecule has 0 saturated carbocycles. The lowest BCUT2D eigenvalue weighted by molar-refractivity contribution is -0.136. The first-order valence-electron chi connectivity index (χ1n) is 8.25. The SMILES string of the molecule is CC(C)CN1CCC2(CCN(Cc3cccc(F)c3)C2=O)C1. The van der Waals surface area contributed by atoms with Crippen molar-refractivity contribution in [3.05, 3.63) is 35.6 Å². The van der Waals surface area contributed by atoms with Crippen LogP contribution in [0.25, 0.3) is 0 Å². The fraction of sp³-hybridized carbons (Fsp3) is 0.611. The van der Waals surface area contributed by atoms with E-state index in [4.69, 9.17) is 0 Å². The van der Waals surface area contributed by atoms with Crippen LogP contribution in [-0.2, 0) is 11.3 Å². The summed E-state index contributed by atoms with van der Waals surface area (Å²) in [5.41, 5.74) is 0.699. The number of likely N-dealkylation sites (tertiary alicyclic amines) is 2. The van der Waals surface area contributed by atoms with Gasteiger partial charge in [0.05, 0.1) is 5.41 Å². The standard InChI is InChI=1S/C18H25FN2O/c1-14(2)11-20-8-6-18(13-20)7-9-21(17(18)22)12-15-4-3-5-16(19)10-15/h3-5,10,14H,6-9,11-13H2,1-2H3. The maximum atomic E-state index is 13.3. The molecule has 0 aliphatic carbocycles. The lowest BCUT2D eigenvalue weighted by atomic mass is 9.85. The summed E-state index contributed by atoms with van der Waals surface area (Å²) >= 11 is 0. The van der Waals surface area contributed by atoms with Crippen LogP contribution in [-0.4, -0.2) is 41.9 Å². The van der Waals surface area contributed by atoms with E-state index in [-0.39, 0.29) is 17.1 Å². The number of carbonyl (C=O) groups is 1. The van der Waals surface area contributed by atoms with Crippen molar-refractivity contribution >= 4 is 5.91 Å². The maximum Gasteiger partial charge on any atom is 0.230 e.